The van der Waals surface area contributed by atoms with Gasteiger partial charge in [0.15, 0.2) is 0 Å². The van der Waals surface area contributed by atoms with Crippen molar-refractivity contribution in [3.63, 3.8) is 0 Å². The number of aromatic nitrogens is 3. The van der Waals surface area contributed by atoms with Crippen LogP contribution in [0.2, 0.25) is 5.02 Å². The van der Waals surface area contributed by atoms with Gasteiger partial charge in [0.25, 0.3) is 5.91 Å². The first kappa shape index (κ1) is 16.1. The summed E-state index contributed by atoms with van der Waals surface area (Å²) in [6.07, 6.45) is 6.29. The van der Waals surface area contributed by atoms with E-state index in [4.69, 9.17) is 11.6 Å². The molecule has 1 atom stereocenters. The summed E-state index contributed by atoms with van der Waals surface area (Å²) in [5.74, 6) is 0.156. The van der Waals surface area contributed by atoms with Crippen molar-refractivity contribution < 1.29 is 4.79 Å². The van der Waals surface area contributed by atoms with Crippen molar-refractivity contribution in [1.82, 2.24) is 19.7 Å². The standard InChI is InChI=1S/C19H19ClN4O/c1-2-15-18(24-11-14(20)7-8-16(24)23-15)19(25)22-10-13-6-5-12-4-3-9-21-17(12)13/h3-4,7-9,11,13H,2,5-6,10H2,1H3,(H,22,25). The monoisotopic (exact) mass is 354 g/mol. The lowest BCUT2D eigenvalue weighted by atomic mass is 10.1. The van der Waals surface area contributed by atoms with E-state index in [9.17, 15) is 4.79 Å². The fourth-order valence-electron chi connectivity index (χ4n) is 3.55. The zero-order valence-corrected chi connectivity index (χ0v) is 14.8. The number of pyridine rings is 2. The number of halogens is 1. The number of imidazole rings is 1. The first-order valence-electron chi connectivity index (χ1n) is 8.56. The maximum Gasteiger partial charge on any atom is 0.270 e. The van der Waals surface area contributed by atoms with Gasteiger partial charge in [-0.25, -0.2) is 4.98 Å². The molecule has 0 fully saturated rings. The quantitative estimate of drug-likeness (QED) is 0.781. The van der Waals surface area contributed by atoms with E-state index in [-0.39, 0.29) is 11.8 Å². The summed E-state index contributed by atoms with van der Waals surface area (Å²) in [6.45, 7) is 2.58. The molecule has 1 amide bonds. The molecule has 0 bridgehead atoms. The van der Waals surface area contributed by atoms with Crippen LogP contribution in [0.1, 0.15) is 46.7 Å². The molecule has 0 saturated heterocycles. The molecule has 1 aliphatic rings. The van der Waals surface area contributed by atoms with Gasteiger partial charge in [0.05, 0.1) is 10.7 Å². The van der Waals surface area contributed by atoms with Gasteiger partial charge in [-0.15, -0.1) is 0 Å². The van der Waals surface area contributed by atoms with Crippen molar-refractivity contribution in [2.24, 2.45) is 0 Å². The maximum absolute atomic E-state index is 12.8. The minimum atomic E-state index is -0.115. The molecular weight excluding hydrogens is 336 g/mol. The summed E-state index contributed by atoms with van der Waals surface area (Å²) >= 11 is 6.10. The number of nitrogens with zero attached hydrogens (tertiary/aromatic N) is 3. The Morgan fingerprint density at radius 3 is 3.12 bits per heavy atom. The lowest BCUT2D eigenvalue weighted by Crippen LogP contribution is -2.29. The number of aryl methyl sites for hydroxylation is 2. The molecule has 0 radical (unpaired) electrons. The fourth-order valence-corrected chi connectivity index (χ4v) is 3.71. The third-order valence-electron chi connectivity index (χ3n) is 4.79. The molecule has 0 aliphatic heterocycles. The van der Waals surface area contributed by atoms with Crippen LogP contribution in [-0.2, 0) is 12.8 Å². The number of hydrogen-bond donors (Lipinski definition) is 1. The highest BCUT2D eigenvalue weighted by atomic mass is 35.5. The normalized spacial score (nSPS) is 16.2. The molecule has 0 spiro atoms. The van der Waals surface area contributed by atoms with Gasteiger partial charge >= 0.3 is 0 Å². The Morgan fingerprint density at radius 2 is 2.28 bits per heavy atom. The van der Waals surface area contributed by atoms with Gasteiger partial charge in [-0.05, 0) is 43.0 Å². The van der Waals surface area contributed by atoms with Crippen LogP contribution >= 0.6 is 11.6 Å². The second-order valence-corrected chi connectivity index (χ2v) is 6.77. The molecule has 3 aromatic heterocycles. The molecule has 3 heterocycles. The van der Waals surface area contributed by atoms with Crippen molar-refractivity contribution in [1.29, 1.82) is 0 Å². The summed E-state index contributed by atoms with van der Waals surface area (Å²) < 4.78 is 1.78. The van der Waals surface area contributed by atoms with Crippen LogP contribution in [0.15, 0.2) is 36.7 Å². The molecule has 1 N–H and O–H groups in total. The molecule has 0 saturated carbocycles. The van der Waals surface area contributed by atoms with Crippen LogP contribution in [0, 0.1) is 0 Å². The Hall–Kier alpha value is -2.40. The van der Waals surface area contributed by atoms with Gasteiger partial charge in [-0.2, -0.15) is 0 Å². The Labute approximate surface area is 151 Å². The average Bonchev–Trinajstić information content (AvgIpc) is 3.20. The summed E-state index contributed by atoms with van der Waals surface area (Å²) in [7, 11) is 0. The van der Waals surface area contributed by atoms with Crippen LogP contribution in [0.3, 0.4) is 0 Å². The Kier molecular flexibility index (Phi) is 4.17. The van der Waals surface area contributed by atoms with Crippen molar-refractivity contribution in [2.75, 3.05) is 6.54 Å². The molecule has 6 heteroatoms. The van der Waals surface area contributed by atoms with Crippen LogP contribution < -0.4 is 5.32 Å². The smallest absolute Gasteiger partial charge is 0.270 e. The highest BCUT2D eigenvalue weighted by molar-refractivity contribution is 6.30. The van der Waals surface area contributed by atoms with Crippen LogP contribution in [0.4, 0.5) is 0 Å². The van der Waals surface area contributed by atoms with E-state index >= 15 is 0 Å². The third kappa shape index (κ3) is 2.89. The van der Waals surface area contributed by atoms with Crippen LogP contribution in [-0.4, -0.2) is 26.8 Å². The SMILES string of the molecule is CCc1nc2ccc(Cl)cn2c1C(=O)NCC1CCc2cccnc21. The van der Waals surface area contributed by atoms with Crippen LogP contribution in [0.5, 0.6) is 0 Å². The van der Waals surface area contributed by atoms with Gasteiger partial charge in [-0.3, -0.25) is 14.2 Å². The summed E-state index contributed by atoms with van der Waals surface area (Å²) in [4.78, 5) is 21.9. The van der Waals surface area contributed by atoms with Gasteiger partial charge < -0.3 is 5.32 Å². The first-order chi connectivity index (χ1) is 12.2. The van der Waals surface area contributed by atoms with E-state index in [1.54, 1.807) is 16.7 Å². The Balaban J connectivity index is 1.58. The van der Waals surface area contributed by atoms with E-state index < -0.39 is 0 Å². The highest BCUT2D eigenvalue weighted by Crippen LogP contribution is 2.30. The number of carbonyl (C=O) groups excluding carboxylic acids is 1. The van der Waals surface area contributed by atoms with Gasteiger partial charge in [0, 0.05) is 30.6 Å². The minimum Gasteiger partial charge on any atom is -0.350 e. The van der Waals surface area contributed by atoms with Crippen molar-refractivity contribution in [2.45, 2.75) is 32.1 Å². The number of nitrogens with one attached hydrogen (secondary N) is 1. The third-order valence-corrected chi connectivity index (χ3v) is 5.01. The van der Waals surface area contributed by atoms with Crippen molar-refractivity contribution in [3.05, 3.63) is 64.3 Å². The summed E-state index contributed by atoms with van der Waals surface area (Å²) in [5.41, 5.74) is 4.49. The zero-order valence-electron chi connectivity index (χ0n) is 14.0. The maximum atomic E-state index is 12.8. The molecule has 5 nitrogen and oxygen atoms in total. The first-order valence-corrected chi connectivity index (χ1v) is 8.93. The number of fused-ring (bicyclic) bond motifs is 2. The zero-order chi connectivity index (χ0) is 17.4. The lowest BCUT2D eigenvalue weighted by molar-refractivity contribution is 0.0944. The van der Waals surface area contributed by atoms with E-state index in [1.807, 2.05) is 25.3 Å². The predicted molar refractivity (Wildman–Crippen MR) is 97.2 cm³/mol. The molecule has 128 valence electrons. The molecule has 1 unspecified atom stereocenters. The number of hydrogen-bond acceptors (Lipinski definition) is 3. The highest BCUT2D eigenvalue weighted by Gasteiger charge is 2.25. The Morgan fingerprint density at radius 1 is 1.40 bits per heavy atom. The molecule has 4 rings (SSSR count). The van der Waals surface area contributed by atoms with Gasteiger partial charge in [-0.1, -0.05) is 24.6 Å². The molecule has 25 heavy (non-hydrogen) atoms. The van der Waals surface area contributed by atoms with Gasteiger partial charge in [0.2, 0.25) is 0 Å². The van der Waals surface area contributed by atoms with Crippen molar-refractivity contribution >= 4 is 23.2 Å². The lowest BCUT2D eigenvalue weighted by Gasteiger charge is -2.12. The topological polar surface area (TPSA) is 59.3 Å². The second-order valence-electron chi connectivity index (χ2n) is 6.33. The molecule has 1 aliphatic carbocycles. The second kappa shape index (κ2) is 6.48. The fraction of sp³-hybridized carbons (Fsp3) is 0.316. The van der Waals surface area contributed by atoms with Gasteiger partial charge in [0.1, 0.15) is 11.3 Å². The van der Waals surface area contributed by atoms with E-state index in [0.29, 0.717) is 23.7 Å². The number of amides is 1. The molecule has 0 aromatic carbocycles. The van der Waals surface area contributed by atoms with E-state index in [1.165, 1.54) is 5.56 Å². The minimum absolute atomic E-state index is 0.115. The summed E-state index contributed by atoms with van der Waals surface area (Å²) in [6, 6.07) is 7.70. The molecular formula is C19H19ClN4O. The Bertz CT molecular complexity index is 950. The van der Waals surface area contributed by atoms with Crippen LogP contribution in [0.25, 0.3) is 5.65 Å². The number of carbonyl (C=O) groups is 1. The van der Waals surface area contributed by atoms with E-state index in [2.05, 4.69) is 21.4 Å². The molecule has 3 aromatic rings. The predicted octanol–water partition coefficient (Wildman–Crippen LogP) is 3.40. The van der Waals surface area contributed by atoms with Crippen molar-refractivity contribution in [3.8, 4) is 0 Å². The van der Waals surface area contributed by atoms with E-state index in [0.717, 1.165) is 29.9 Å². The largest absolute Gasteiger partial charge is 0.350 e. The number of rotatable bonds is 4. The summed E-state index contributed by atoms with van der Waals surface area (Å²) in [5, 5.41) is 3.65. The average molecular weight is 355 g/mol.